The molecule has 1 aromatic heterocycles. The van der Waals surface area contributed by atoms with Gasteiger partial charge in [-0.1, -0.05) is 11.6 Å². The summed E-state index contributed by atoms with van der Waals surface area (Å²) in [5.74, 6) is -1.29. The molecule has 1 aromatic carbocycles. The van der Waals surface area contributed by atoms with Gasteiger partial charge >= 0.3 is 0 Å². The Hall–Kier alpha value is -2.47. The number of aromatic amines is 1. The third-order valence-electron chi connectivity index (χ3n) is 5.90. The van der Waals surface area contributed by atoms with E-state index in [1.54, 1.807) is 6.07 Å². The van der Waals surface area contributed by atoms with E-state index in [9.17, 15) is 18.0 Å². The van der Waals surface area contributed by atoms with Crippen LogP contribution in [-0.2, 0) is 15.0 Å². The average Bonchev–Trinajstić information content (AvgIpc) is 3.16. The molecule has 10 nitrogen and oxygen atoms in total. The van der Waals surface area contributed by atoms with Crippen molar-refractivity contribution in [3.8, 4) is 0 Å². The van der Waals surface area contributed by atoms with Crippen molar-refractivity contribution in [2.45, 2.75) is 19.4 Å². The fourth-order valence-electron chi connectivity index (χ4n) is 3.96. The van der Waals surface area contributed by atoms with Crippen molar-refractivity contribution in [1.82, 2.24) is 29.1 Å². The SMILES string of the molecule is Cc1ccc2[nH]c(C(=O)N[C@H]3CCN(S(=O)(=O)N(C)C)C[C@@H]3C(=O)NCCN(C)C)cc2c1. The Morgan fingerprint density at radius 3 is 2.58 bits per heavy atom. The molecule has 1 fully saturated rings. The maximum Gasteiger partial charge on any atom is 0.281 e. The summed E-state index contributed by atoms with van der Waals surface area (Å²) in [4.78, 5) is 31.1. The summed E-state index contributed by atoms with van der Waals surface area (Å²) in [6.07, 6.45) is 0.337. The molecule has 2 atom stereocenters. The summed E-state index contributed by atoms with van der Waals surface area (Å²) in [7, 11) is 3.08. The summed E-state index contributed by atoms with van der Waals surface area (Å²) < 4.78 is 27.8. The van der Waals surface area contributed by atoms with Crippen molar-refractivity contribution in [2.24, 2.45) is 5.92 Å². The quantitative estimate of drug-likeness (QED) is 0.507. The second-order valence-corrected chi connectivity index (χ2v) is 11.1. The zero-order valence-corrected chi connectivity index (χ0v) is 20.7. The highest BCUT2D eigenvalue weighted by molar-refractivity contribution is 7.86. The van der Waals surface area contributed by atoms with Crippen molar-refractivity contribution in [2.75, 3.05) is 54.4 Å². The molecular weight excluding hydrogens is 444 g/mol. The van der Waals surface area contributed by atoms with Crippen LogP contribution in [0.4, 0.5) is 0 Å². The fourth-order valence-corrected chi connectivity index (χ4v) is 5.10. The maximum atomic E-state index is 13.0. The summed E-state index contributed by atoms with van der Waals surface area (Å²) in [6.45, 7) is 3.31. The Morgan fingerprint density at radius 2 is 1.91 bits per heavy atom. The number of piperidine rings is 1. The molecule has 0 saturated carbocycles. The number of hydrogen-bond acceptors (Lipinski definition) is 5. The number of aromatic nitrogens is 1. The molecule has 1 saturated heterocycles. The molecule has 1 aliphatic heterocycles. The number of rotatable bonds is 8. The van der Waals surface area contributed by atoms with Crippen LogP contribution in [0.5, 0.6) is 0 Å². The van der Waals surface area contributed by atoms with Gasteiger partial charge in [-0.3, -0.25) is 9.59 Å². The van der Waals surface area contributed by atoms with Gasteiger partial charge in [0.2, 0.25) is 5.91 Å². The molecule has 3 N–H and O–H groups in total. The third kappa shape index (κ3) is 5.91. The van der Waals surface area contributed by atoms with Crippen LogP contribution in [0.3, 0.4) is 0 Å². The van der Waals surface area contributed by atoms with E-state index in [-0.39, 0.29) is 24.9 Å². The van der Waals surface area contributed by atoms with Gasteiger partial charge in [0.15, 0.2) is 0 Å². The normalized spacial score (nSPS) is 19.8. The molecule has 11 heteroatoms. The van der Waals surface area contributed by atoms with E-state index >= 15 is 0 Å². The highest BCUT2D eigenvalue weighted by Crippen LogP contribution is 2.23. The molecule has 2 heterocycles. The van der Waals surface area contributed by atoms with Crippen molar-refractivity contribution in [3.63, 3.8) is 0 Å². The smallest absolute Gasteiger partial charge is 0.281 e. The Bertz CT molecular complexity index is 1110. The minimum Gasteiger partial charge on any atom is -0.354 e. The fraction of sp³-hybridized carbons (Fsp3) is 0.545. The molecular formula is C22H34N6O4S. The molecule has 0 radical (unpaired) electrons. The highest BCUT2D eigenvalue weighted by Gasteiger charge is 2.40. The molecule has 0 spiro atoms. The van der Waals surface area contributed by atoms with E-state index < -0.39 is 22.2 Å². The average molecular weight is 479 g/mol. The Kier molecular flexibility index (Phi) is 7.78. The number of nitrogens with one attached hydrogen (secondary N) is 3. The molecule has 0 unspecified atom stereocenters. The lowest BCUT2D eigenvalue weighted by Gasteiger charge is -2.38. The number of aryl methyl sites for hydroxylation is 1. The predicted octanol–water partition coefficient (Wildman–Crippen LogP) is 0.381. The van der Waals surface area contributed by atoms with E-state index in [0.29, 0.717) is 25.2 Å². The van der Waals surface area contributed by atoms with Gasteiger partial charge in [-0.05, 0) is 45.6 Å². The zero-order chi connectivity index (χ0) is 24.3. The van der Waals surface area contributed by atoms with Gasteiger partial charge in [0, 0.05) is 57.2 Å². The van der Waals surface area contributed by atoms with Crippen molar-refractivity contribution in [1.29, 1.82) is 0 Å². The van der Waals surface area contributed by atoms with Crippen LogP contribution in [0.2, 0.25) is 0 Å². The second kappa shape index (κ2) is 10.2. The predicted molar refractivity (Wildman–Crippen MR) is 128 cm³/mol. The van der Waals surface area contributed by atoms with Gasteiger partial charge in [-0.25, -0.2) is 0 Å². The van der Waals surface area contributed by atoms with Crippen LogP contribution in [0.25, 0.3) is 10.9 Å². The van der Waals surface area contributed by atoms with Gasteiger partial charge in [-0.2, -0.15) is 17.0 Å². The molecule has 2 aromatic rings. The van der Waals surface area contributed by atoms with Gasteiger partial charge in [-0.15, -0.1) is 0 Å². The van der Waals surface area contributed by atoms with Gasteiger partial charge in [0.25, 0.3) is 16.1 Å². The van der Waals surface area contributed by atoms with Crippen LogP contribution in [0, 0.1) is 12.8 Å². The van der Waals surface area contributed by atoms with Crippen molar-refractivity contribution < 1.29 is 18.0 Å². The van der Waals surface area contributed by atoms with E-state index in [1.807, 2.05) is 44.1 Å². The summed E-state index contributed by atoms with van der Waals surface area (Å²) in [5.41, 5.74) is 2.36. The molecule has 33 heavy (non-hydrogen) atoms. The maximum absolute atomic E-state index is 13.0. The first kappa shape index (κ1) is 25.2. The van der Waals surface area contributed by atoms with Crippen LogP contribution < -0.4 is 10.6 Å². The molecule has 0 aliphatic carbocycles. The van der Waals surface area contributed by atoms with Crippen LogP contribution in [-0.4, -0.2) is 99.1 Å². The zero-order valence-electron chi connectivity index (χ0n) is 19.9. The van der Waals surface area contributed by atoms with E-state index in [0.717, 1.165) is 20.8 Å². The lowest BCUT2D eigenvalue weighted by molar-refractivity contribution is -0.126. The highest BCUT2D eigenvalue weighted by atomic mass is 32.2. The summed E-state index contributed by atoms with van der Waals surface area (Å²) in [6, 6.07) is 7.19. The number of amides is 2. The number of carbonyl (C=O) groups excluding carboxylic acids is 2. The van der Waals surface area contributed by atoms with Crippen LogP contribution in [0.15, 0.2) is 24.3 Å². The number of likely N-dealkylation sites (N-methyl/N-ethyl adjacent to an activating group) is 1. The van der Waals surface area contributed by atoms with E-state index in [2.05, 4.69) is 15.6 Å². The number of benzene rings is 1. The number of carbonyl (C=O) groups is 2. The minimum atomic E-state index is -3.67. The van der Waals surface area contributed by atoms with Crippen LogP contribution in [0.1, 0.15) is 22.5 Å². The Morgan fingerprint density at radius 1 is 1.18 bits per heavy atom. The molecule has 3 rings (SSSR count). The lowest BCUT2D eigenvalue weighted by atomic mass is 9.92. The largest absolute Gasteiger partial charge is 0.354 e. The van der Waals surface area contributed by atoms with Gasteiger partial charge in [0.1, 0.15) is 5.69 Å². The first-order valence-electron chi connectivity index (χ1n) is 11.0. The molecule has 182 valence electrons. The van der Waals surface area contributed by atoms with Gasteiger partial charge in [0.05, 0.1) is 5.92 Å². The van der Waals surface area contributed by atoms with E-state index in [4.69, 9.17) is 0 Å². The monoisotopic (exact) mass is 478 g/mol. The van der Waals surface area contributed by atoms with Crippen molar-refractivity contribution >= 4 is 32.9 Å². The van der Waals surface area contributed by atoms with E-state index in [1.165, 1.54) is 18.4 Å². The Labute approximate surface area is 195 Å². The van der Waals surface area contributed by atoms with Gasteiger partial charge < -0.3 is 20.5 Å². The van der Waals surface area contributed by atoms with Crippen molar-refractivity contribution in [3.05, 3.63) is 35.5 Å². The molecule has 2 amide bonds. The topological polar surface area (TPSA) is 118 Å². The summed E-state index contributed by atoms with van der Waals surface area (Å²) >= 11 is 0. The first-order chi connectivity index (χ1) is 15.5. The molecule has 0 bridgehead atoms. The summed E-state index contributed by atoms with van der Waals surface area (Å²) in [5, 5.41) is 6.78. The number of fused-ring (bicyclic) bond motifs is 1. The minimum absolute atomic E-state index is 0.00511. The first-order valence-corrected chi connectivity index (χ1v) is 12.4. The second-order valence-electron chi connectivity index (χ2n) is 8.99. The number of H-pyrrole nitrogens is 1. The Balaban J connectivity index is 1.78. The standard InChI is InChI=1S/C22H34N6O4S/c1-15-6-7-18-16(12-15)13-20(24-18)22(30)25-19-8-10-28(33(31,32)27(4)5)14-17(19)21(29)23-9-11-26(2)3/h6-7,12-13,17,19,24H,8-11,14H2,1-5H3,(H,23,29)(H,25,30)/t17-,19-/m0/s1. The van der Waals surface area contributed by atoms with Crippen LogP contribution >= 0.6 is 0 Å². The lowest BCUT2D eigenvalue weighted by Crippen LogP contribution is -2.58. The third-order valence-corrected chi connectivity index (χ3v) is 7.80. The number of hydrogen-bond donors (Lipinski definition) is 3. The molecule has 1 aliphatic rings. The number of nitrogens with zero attached hydrogens (tertiary/aromatic N) is 3.